The van der Waals surface area contributed by atoms with E-state index in [4.69, 9.17) is 20.1 Å². The number of carbonyl (C=O) groups is 2. The Morgan fingerprint density at radius 2 is 1.65 bits per heavy atom. The van der Waals surface area contributed by atoms with Gasteiger partial charge in [-0.05, 0) is 99.6 Å². The predicted molar refractivity (Wildman–Crippen MR) is 296 cm³/mol. The number of pyridine rings is 1. The molecule has 9 heterocycles. The van der Waals surface area contributed by atoms with E-state index in [1.807, 2.05) is 92.6 Å². The second kappa shape index (κ2) is 22.4. The molecule has 1 unspecified atom stereocenters. The van der Waals surface area contributed by atoms with Gasteiger partial charge >= 0.3 is 0 Å². The minimum atomic E-state index is -0.807. The molecule has 4 aliphatic rings. The molecular weight excluding hydrogens is 995 g/mol. The average Bonchev–Trinajstić information content (AvgIpc) is 4.29. The van der Waals surface area contributed by atoms with Crippen LogP contribution < -0.4 is 25.6 Å². The van der Waals surface area contributed by atoms with Crippen molar-refractivity contribution in [3.05, 3.63) is 102 Å². The lowest BCUT2D eigenvalue weighted by Gasteiger charge is -2.37. The second-order valence-corrected chi connectivity index (χ2v) is 22.6. The fraction of sp³-hybridized carbons (Fsp3) is 0.474. The first-order chi connectivity index (χ1) is 37.3. The van der Waals surface area contributed by atoms with Crippen LogP contribution in [0.1, 0.15) is 101 Å². The van der Waals surface area contributed by atoms with Crippen molar-refractivity contribution in [2.24, 2.45) is 11.8 Å². The number of phenolic OH excluding ortho intramolecular Hbond substituents is 1. The maximum absolute atomic E-state index is 14.4. The molecule has 0 spiro atoms. The SMILES string of the molecule is Cc1ncsc1-c1ccc([C@H](C)NC(=O)[C@@H]2C[C@@H](O)CN2C(=O)C(c2cc(N3CCC(CN4CCC(Oc5cc(N6CCC(n7nc(N)c8nnc(-c9ccccc9O)cc87)CC6)ccn5)CC4)CC3)no2)C(C)C)cc1. The van der Waals surface area contributed by atoms with E-state index in [0.717, 1.165) is 123 Å². The van der Waals surface area contributed by atoms with E-state index < -0.39 is 18.1 Å². The molecular formula is C57H69N13O6S. The van der Waals surface area contributed by atoms with Gasteiger partial charge in [0.2, 0.25) is 17.7 Å². The number of aryl methyl sites for hydroxylation is 1. The Morgan fingerprint density at radius 3 is 2.38 bits per heavy atom. The summed E-state index contributed by atoms with van der Waals surface area (Å²) in [5.41, 5.74) is 14.8. The Kier molecular flexibility index (Phi) is 15.1. The molecule has 0 saturated carbocycles. The Balaban J connectivity index is 0.629. The van der Waals surface area contributed by atoms with E-state index >= 15 is 0 Å². The quantitative estimate of drug-likeness (QED) is 0.0768. The highest BCUT2D eigenvalue weighted by Crippen LogP contribution is 2.37. The van der Waals surface area contributed by atoms with Gasteiger partial charge in [0.1, 0.15) is 23.8 Å². The summed E-state index contributed by atoms with van der Waals surface area (Å²) in [6.45, 7) is 14.3. The number of likely N-dealkylation sites (tertiary alicyclic amines) is 2. The van der Waals surface area contributed by atoms with Crippen LogP contribution in [0.15, 0.2) is 89.0 Å². The van der Waals surface area contributed by atoms with Crippen molar-refractivity contribution < 1.29 is 29.1 Å². The molecule has 0 bridgehead atoms. The summed E-state index contributed by atoms with van der Waals surface area (Å²) >= 11 is 1.60. The number of nitrogens with two attached hydrogens (primary N) is 1. The van der Waals surface area contributed by atoms with E-state index in [2.05, 4.69) is 57.5 Å². The van der Waals surface area contributed by atoms with E-state index in [9.17, 15) is 19.8 Å². The van der Waals surface area contributed by atoms with Crippen molar-refractivity contribution in [1.29, 1.82) is 0 Å². The van der Waals surface area contributed by atoms with Crippen LogP contribution in [0.3, 0.4) is 0 Å². The van der Waals surface area contributed by atoms with Crippen molar-refractivity contribution in [3.8, 4) is 33.3 Å². The number of para-hydroxylation sites is 1. The number of aliphatic hydroxyl groups excluding tert-OH is 1. The number of aliphatic hydroxyl groups is 1. The molecule has 0 radical (unpaired) electrons. The highest BCUT2D eigenvalue weighted by Gasteiger charge is 2.44. The smallest absolute Gasteiger partial charge is 0.243 e. The molecule has 4 fully saturated rings. The number of anilines is 3. The standard InChI is InChI=1S/C57H69N13O6S/c1-34(2)52(57(74)69-32-42(71)28-47(69)56(73)61-35(3)38-9-11-39(12-10-38)54-36(4)60-33-77-54)49-30-50(65-76-49)68-23-14-37(15-24-68)31-66-21-18-43(19-22-66)75-51-27-41(13-20-59-51)67-25-16-40(17-26-67)70-46-29-45(44-7-5-6-8-48(44)72)62-63-53(46)55(58)64-70/h5-13,20,27,29-30,33-35,37,40,42-43,47,52,71-72H,14-19,21-26,28,31-32H2,1-4H3,(H2,58,64)(H,61,73)/t35-,42+,47-,52?/m0/s1. The minimum Gasteiger partial charge on any atom is -0.507 e. The Hall–Kier alpha value is -7.16. The van der Waals surface area contributed by atoms with Crippen LogP contribution in [-0.2, 0) is 9.59 Å². The fourth-order valence-corrected chi connectivity index (χ4v) is 12.7. The molecule has 7 aromatic rings. The zero-order valence-electron chi connectivity index (χ0n) is 44.2. The lowest BCUT2D eigenvalue weighted by molar-refractivity contribution is -0.141. The first kappa shape index (κ1) is 51.9. The van der Waals surface area contributed by atoms with E-state index in [-0.39, 0.29) is 54.6 Å². The molecule has 20 heteroatoms. The number of carbonyl (C=O) groups excluding carboxylic acids is 2. The van der Waals surface area contributed by atoms with Crippen molar-refractivity contribution in [2.75, 3.05) is 67.9 Å². The Morgan fingerprint density at radius 1 is 0.896 bits per heavy atom. The number of piperidine rings is 3. The summed E-state index contributed by atoms with van der Waals surface area (Å²) in [5, 5.41) is 42.3. The zero-order valence-corrected chi connectivity index (χ0v) is 45.1. The highest BCUT2D eigenvalue weighted by molar-refractivity contribution is 7.13. The molecule has 2 amide bonds. The van der Waals surface area contributed by atoms with Gasteiger partial charge in [0.05, 0.1) is 45.5 Å². The number of hydrogen-bond acceptors (Lipinski definition) is 17. The first-order valence-electron chi connectivity index (χ1n) is 27.2. The van der Waals surface area contributed by atoms with Gasteiger partial charge in [0, 0.05) is 88.4 Å². The van der Waals surface area contributed by atoms with Gasteiger partial charge < -0.3 is 50.1 Å². The molecule has 2 aromatic carbocycles. The average molecular weight is 1060 g/mol. The van der Waals surface area contributed by atoms with Gasteiger partial charge in [0.25, 0.3) is 0 Å². The molecule has 4 aliphatic heterocycles. The monoisotopic (exact) mass is 1060 g/mol. The Labute approximate surface area is 452 Å². The Bertz CT molecular complexity index is 3170. The predicted octanol–water partition coefficient (Wildman–Crippen LogP) is 7.78. The number of amides is 2. The van der Waals surface area contributed by atoms with Gasteiger partial charge in [-0.1, -0.05) is 55.4 Å². The molecule has 77 heavy (non-hydrogen) atoms. The normalized spacial score (nSPS) is 20.1. The van der Waals surface area contributed by atoms with Crippen LogP contribution in [-0.4, -0.2) is 138 Å². The van der Waals surface area contributed by atoms with Crippen LogP contribution in [0.25, 0.3) is 32.7 Å². The second-order valence-electron chi connectivity index (χ2n) is 21.8. The summed E-state index contributed by atoms with van der Waals surface area (Å²) in [6, 6.07) is 22.2. The molecule has 4 atom stereocenters. The lowest BCUT2D eigenvalue weighted by Crippen LogP contribution is -2.48. The van der Waals surface area contributed by atoms with Crippen molar-refractivity contribution in [1.82, 2.24) is 50.2 Å². The number of nitrogens with one attached hydrogen (secondary N) is 1. The van der Waals surface area contributed by atoms with Crippen molar-refractivity contribution >= 4 is 51.5 Å². The van der Waals surface area contributed by atoms with Gasteiger partial charge in [-0.2, -0.15) is 5.10 Å². The number of fused-ring (bicyclic) bond motifs is 1. The summed E-state index contributed by atoms with van der Waals surface area (Å²) in [4.78, 5) is 47.1. The summed E-state index contributed by atoms with van der Waals surface area (Å²) in [6.07, 6.45) is 6.97. The van der Waals surface area contributed by atoms with Gasteiger partial charge in [-0.15, -0.1) is 21.5 Å². The number of ether oxygens (including phenoxy) is 1. The van der Waals surface area contributed by atoms with Crippen molar-refractivity contribution in [2.45, 2.75) is 109 Å². The number of phenols is 1. The van der Waals surface area contributed by atoms with Crippen molar-refractivity contribution in [3.63, 3.8) is 0 Å². The van der Waals surface area contributed by atoms with Gasteiger partial charge in [0.15, 0.2) is 22.9 Å². The van der Waals surface area contributed by atoms with E-state index in [1.54, 1.807) is 23.5 Å². The number of thiazole rings is 1. The number of β-amino-alcohol motifs (C(OH)–C–C–N with tert-alkyl or cyclic N) is 1. The zero-order chi connectivity index (χ0) is 53.3. The third kappa shape index (κ3) is 11.2. The van der Waals surface area contributed by atoms with E-state index in [1.165, 1.54) is 4.90 Å². The molecule has 5 N–H and O–H groups in total. The highest BCUT2D eigenvalue weighted by atomic mass is 32.1. The van der Waals surface area contributed by atoms with Gasteiger partial charge in [-0.25, -0.2) is 9.97 Å². The molecule has 5 aromatic heterocycles. The number of nitrogen functional groups attached to an aromatic ring is 1. The molecule has 4 saturated heterocycles. The van der Waals surface area contributed by atoms with Crippen LogP contribution in [0.4, 0.5) is 17.3 Å². The summed E-state index contributed by atoms with van der Waals surface area (Å²) < 4.78 is 14.5. The third-order valence-electron chi connectivity index (χ3n) is 16.2. The van der Waals surface area contributed by atoms with Crippen LogP contribution in [0, 0.1) is 18.8 Å². The summed E-state index contributed by atoms with van der Waals surface area (Å²) in [5.74, 6) is 1.58. The molecule has 11 rings (SSSR count). The number of hydrogen-bond donors (Lipinski definition) is 4. The number of nitrogens with zero attached hydrogens (tertiary/aromatic N) is 11. The number of rotatable bonds is 15. The third-order valence-corrected chi connectivity index (χ3v) is 17.2. The largest absolute Gasteiger partial charge is 0.507 e. The lowest BCUT2D eigenvalue weighted by atomic mass is 9.91. The number of aromatic hydroxyl groups is 1. The number of aromatic nitrogens is 7. The molecule has 0 aliphatic carbocycles. The summed E-state index contributed by atoms with van der Waals surface area (Å²) in [7, 11) is 0. The fourth-order valence-electron chi connectivity index (χ4n) is 11.9. The van der Waals surface area contributed by atoms with Crippen LogP contribution in [0.5, 0.6) is 11.6 Å². The van der Waals surface area contributed by atoms with Crippen LogP contribution >= 0.6 is 11.3 Å². The first-order valence-corrected chi connectivity index (χ1v) is 28.1. The maximum atomic E-state index is 14.4. The minimum absolute atomic E-state index is 0.0794. The van der Waals surface area contributed by atoms with Crippen LogP contribution in [0.2, 0.25) is 0 Å². The maximum Gasteiger partial charge on any atom is 0.243 e. The van der Waals surface area contributed by atoms with Gasteiger partial charge in [-0.3, -0.25) is 14.3 Å². The number of benzene rings is 2. The molecule has 404 valence electrons. The topological polar surface area (TPSA) is 230 Å². The molecule has 19 nitrogen and oxygen atoms in total. The van der Waals surface area contributed by atoms with E-state index in [0.29, 0.717) is 40.2 Å².